The summed E-state index contributed by atoms with van der Waals surface area (Å²) in [5.41, 5.74) is 1.14. The number of aromatic nitrogens is 2. The molecule has 1 aromatic rings. The Morgan fingerprint density at radius 1 is 1.29 bits per heavy atom. The minimum absolute atomic E-state index is 0.366. The maximum absolute atomic E-state index is 5.92. The Morgan fingerprint density at radius 2 is 2.12 bits per heavy atom. The Balaban J connectivity index is 1.91. The lowest BCUT2D eigenvalue weighted by Gasteiger charge is -2.33. The van der Waals surface area contributed by atoms with E-state index in [0.29, 0.717) is 11.3 Å². The van der Waals surface area contributed by atoms with Crippen LogP contribution >= 0.6 is 11.6 Å². The summed E-state index contributed by atoms with van der Waals surface area (Å²) < 4.78 is 0. The molecule has 2 atom stereocenters. The van der Waals surface area contributed by atoms with E-state index in [9.17, 15) is 0 Å². The zero-order chi connectivity index (χ0) is 11.8. The summed E-state index contributed by atoms with van der Waals surface area (Å²) in [6.45, 7) is 3.20. The van der Waals surface area contributed by atoms with E-state index < -0.39 is 0 Å². The summed E-state index contributed by atoms with van der Waals surface area (Å²) >= 11 is 5.92. The van der Waals surface area contributed by atoms with Gasteiger partial charge in [0.1, 0.15) is 5.82 Å². The molecular formula is C13H18ClN3. The molecule has 4 heteroatoms. The van der Waals surface area contributed by atoms with Crippen molar-refractivity contribution in [1.29, 1.82) is 0 Å². The summed E-state index contributed by atoms with van der Waals surface area (Å²) in [6.07, 6.45) is 8.60. The molecule has 1 aliphatic heterocycles. The van der Waals surface area contributed by atoms with E-state index >= 15 is 0 Å². The van der Waals surface area contributed by atoms with E-state index in [2.05, 4.69) is 21.8 Å². The molecule has 1 saturated heterocycles. The van der Waals surface area contributed by atoms with Crippen LogP contribution in [-0.2, 0) is 0 Å². The van der Waals surface area contributed by atoms with E-state index in [-0.39, 0.29) is 0 Å². The fourth-order valence-electron chi connectivity index (χ4n) is 3.37. The smallest absolute Gasteiger partial charge is 0.224 e. The number of aryl methyl sites for hydroxylation is 1. The van der Waals surface area contributed by atoms with Crippen LogP contribution < -0.4 is 4.90 Å². The van der Waals surface area contributed by atoms with Crippen LogP contribution in [0.1, 0.15) is 37.7 Å². The maximum atomic E-state index is 5.92. The molecular weight excluding hydrogens is 234 g/mol. The number of hydrogen-bond acceptors (Lipinski definition) is 3. The van der Waals surface area contributed by atoms with Crippen LogP contribution in [0.3, 0.4) is 0 Å². The number of hydrogen-bond donors (Lipinski definition) is 0. The third-order valence-electron chi connectivity index (χ3n) is 4.20. The first-order valence-corrected chi connectivity index (χ1v) is 6.89. The van der Waals surface area contributed by atoms with Crippen molar-refractivity contribution in [2.45, 2.75) is 45.1 Å². The van der Waals surface area contributed by atoms with Crippen LogP contribution in [0.2, 0.25) is 5.28 Å². The molecule has 0 N–H and O–H groups in total. The molecule has 92 valence electrons. The van der Waals surface area contributed by atoms with Crippen molar-refractivity contribution in [1.82, 2.24) is 9.97 Å². The summed E-state index contributed by atoms with van der Waals surface area (Å²) in [5.74, 6) is 1.93. The van der Waals surface area contributed by atoms with Gasteiger partial charge in [-0.2, -0.15) is 0 Å². The van der Waals surface area contributed by atoms with Crippen LogP contribution in [-0.4, -0.2) is 22.6 Å². The average Bonchev–Trinajstić information content (AvgIpc) is 2.76. The highest BCUT2D eigenvalue weighted by Crippen LogP contribution is 2.39. The molecule has 2 aliphatic rings. The van der Waals surface area contributed by atoms with Crippen molar-refractivity contribution in [3.63, 3.8) is 0 Å². The molecule has 0 spiro atoms. The fraction of sp³-hybridized carbons (Fsp3) is 0.692. The average molecular weight is 252 g/mol. The molecule has 1 saturated carbocycles. The van der Waals surface area contributed by atoms with Gasteiger partial charge in [0.05, 0.1) is 0 Å². The standard InChI is InChI=1S/C13H18ClN3/c1-9-8-15-13(14)16-12(9)17-7-6-10-4-2-3-5-11(10)17/h8,10-11H,2-7H2,1H3. The van der Waals surface area contributed by atoms with Gasteiger partial charge in [0.25, 0.3) is 0 Å². The number of halogens is 1. The SMILES string of the molecule is Cc1cnc(Cl)nc1N1CCC2CCCCC21. The molecule has 1 aromatic heterocycles. The number of anilines is 1. The van der Waals surface area contributed by atoms with Crippen LogP contribution in [0.25, 0.3) is 0 Å². The molecule has 2 unspecified atom stereocenters. The van der Waals surface area contributed by atoms with Crippen molar-refractivity contribution in [3.05, 3.63) is 17.0 Å². The van der Waals surface area contributed by atoms with Gasteiger partial charge < -0.3 is 4.90 Å². The molecule has 0 aromatic carbocycles. The summed E-state index contributed by atoms with van der Waals surface area (Å²) in [5, 5.41) is 0.366. The van der Waals surface area contributed by atoms with E-state index in [0.717, 1.165) is 23.8 Å². The largest absolute Gasteiger partial charge is 0.353 e. The highest BCUT2D eigenvalue weighted by atomic mass is 35.5. The summed E-state index contributed by atoms with van der Waals surface area (Å²) in [6, 6.07) is 0.688. The summed E-state index contributed by atoms with van der Waals surface area (Å²) in [4.78, 5) is 10.9. The van der Waals surface area contributed by atoms with E-state index in [1.807, 2.05) is 6.20 Å². The fourth-order valence-corrected chi connectivity index (χ4v) is 3.50. The number of rotatable bonds is 1. The highest BCUT2D eigenvalue weighted by Gasteiger charge is 2.36. The van der Waals surface area contributed by atoms with Gasteiger partial charge in [0, 0.05) is 24.3 Å². The topological polar surface area (TPSA) is 29.0 Å². The lowest BCUT2D eigenvalue weighted by Crippen LogP contribution is -2.35. The van der Waals surface area contributed by atoms with E-state index in [4.69, 9.17) is 11.6 Å². The molecule has 3 nitrogen and oxygen atoms in total. The molecule has 1 aliphatic carbocycles. The lowest BCUT2D eigenvalue weighted by molar-refractivity contribution is 0.341. The predicted molar refractivity (Wildman–Crippen MR) is 69.5 cm³/mol. The van der Waals surface area contributed by atoms with Gasteiger partial charge in [-0.25, -0.2) is 9.97 Å². The second kappa shape index (κ2) is 4.45. The lowest BCUT2D eigenvalue weighted by atomic mass is 9.85. The third-order valence-corrected chi connectivity index (χ3v) is 4.38. The molecule has 2 heterocycles. The maximum Gasteiger partial charge on any atom is 0.224 e. The minimum Gasteiger partial charge on any atom is -0.353 e. The van der Waals surface area contributed by atoms with Gasteiger partial charge in [-0.3, -0.25) is 0 Å². The molecule has 0 radical (unpaired) electrons. The van der Waals surface area contributed by atoms with Crippen molar-refractivity contribution < 1.29 is 0 Å². The van der Waals surface area contributed by atoms with Crippen LogP contribution in [0.5, 0.6) is 0 Å². The van der Waals surface area contributed by atoms with Gasteiger partial charge in [-0.05, 0) is 43.7 Å². The van der Waals surface area contributed by atoms with E-state index in [1.165, 1.54) is 32.1 Å². The van der Waals surface area contributed by atoms with E-state index in [1.54, 1.807) is 0 Å². The molecule has 0 amide bonds. The Bertz CT molecular complexity index is 421. The summed E-state index contributed by atoms with van der Waals surface area (Å²) in [7, 11) is 0. The number of fused-ring (bicyclic) bond motifs is 1. The Morgan fingerprint density at radius 3 is 3.00 bits per heavy atom. The third kappa shape index (κ3) is 2.01. The predicted octanol–water partition coefficient (Wildman–Crippen LogP) is 3.21. The Kier molecular flexibility index (Phi) is 2.95. The second-order valence-corrected chi connectivity index (χ2v) is 5.58. The van der Waals surface area contributed by atoms with Crippen molar-refractivity contribution in [2.24, 2.45) is 5.92 Å². The Hall–Kier alpha value is -0.830. The first kappa shape index (κ1) is 11.3. The van der Waals surface area contributed by atoms with Crippen LogP contribution in [0.15, 0.2) is 6.20 Å². The van der Waals surface area contributed by atoms with Crippen LogP contribution in [0, 0.1) is 12.8 Å². The second-order valence-electron chi connectivity index (χ2n) is 5.24. The van der Waals surface area contributed by atoms with Gasteiger partial charge in [0.2, 0.25) is 5.28 Å². The zero-order valence-corrected chi connectivity index (χ0v) is 11.0. The molecule has 3 rings (SSSR count). The van der Waals surface area contributed by atoms with Crippen molar-refractivity contribution in [2.75, 3.05) is 11.4 Å². The zero-order valence-electron chi connectivity index (χ0n) is 10.2. The van der Waals surface area contributed by atoms with Gasteiger partial charge in [-0.15, -0.1) is 0 Å². The van der Waals surface area contributed by atoms with Crippen molar-refractivity contribution >= 4 is 17.4 Å². The van der Waals surface area contributed by atoms with Crippen LogP contribution in [0.4, 0.5) is 5.82 Å². The molecule has 2 fully saturated rings. The normalized spacial score (nSPS) is 28.2. The van der Waals surface area contributed by atoms with Gasteiger partial charge in [0.15, 0.2) is 0 Å². The Labute approximate surface area is 107 Å². The minimum atomic E-state index is 0.366. The highest BCUT2D eigenvalue weighted by molar-refractivity contribution is 6.28. The van der Waals surface area contributed by atoms with Gasteiger partial charge >= 0.3 is 0 Å². The molecule has 17 heavy (non-hydrogen) atoms. The molecule has 0 bridgehead atoms. The first-order chi connectivity index (χ1) is 8.25. The van der Waals surface area contributed by atoms with Gasteiger partial charge in [-0.1, -0.05) is 12.8 Å². The first-order valence-electron chi connectivity index (χ1n) is 6.51. The number of nitrogens with zero attached hydrogens (tertiary/aromatic N) is 3. The monoisotopic (exact) mass is 251 g/mol. The quantitative estimate of drug-likeness (QED) is 0.718. The van der Waals surface area contributed by atoms with Crippen molar-refractivity contribution in [3.8, 4) is 0 Å².